The highest BCUT2D eigenvalue weighted by molar-refractivity contribution is 5.68. The van der Waals surface area contributed by atoms with Gasteiger partial charge in [0.1, 0.15) is 18.0 Å². The van der Waals surface area contributed by atoms with Crippen molar-refractivity contribution >= 4 is 5.69 Å². The van der Waals surface area contributed by atoms with E-state index >= 15 is 0 Å². The van der Waals surface area contributed by atoms with Crippen molar-refractivity contribution in [1.29, 1.82) is 5.26 Å². The van der Waals surface area contributed by atoms with E-state index in [9.17, 15) is 9.65 Å². The van der Waals surface area contributed by atoms with Crippen LogP contribution in [0.2, 0.25) is 0 Å². The predicted octanol–water partition coefficient (Wildman–Crippen LogP) is 4.15. The Labute approximate surface area is 209 Å². The first kappa shape index (κ1) is 22.9. The molecule has 9 heteroatoms. The second kappa shape index (κ2) is 8.56. The number of hydrogen-bond donors (Lipinski definition) is 1. The molecule has 0 saturated carbocycles. The summed E-state index contributed by atoms with van der Waals surface area (Å²) in [5, 5.41) is 14.4. The maximum absolute atomic E-state index is 14.9. The number of likely N-dealkylation sites (tertiary alicyclic amines) is 1. The number of nitrogens with zero attached hydrogens (tertiary/aromatic N) is 5. The molecule has 0 amide bonds. The number of likely N-dealkylation sites (N-methyl/N-ethyl adjacent to an activating group) is 1. The number of nitrogens with two attached hydrogens (primary N) is 1. The van der Waals surface area contributed by atoms with Gasteiger partial charge in [-0.2, -0.15) is 10.2 Å². The number of fused-ring (bicyclic) bond motifs is 4. The monoisotopic (exact) mass is 488 g/mol. The zero-order valence-electron chi connectivity index (χ0n) is 20.6. The molecule has 1 saturated heterocycles. The van der Waals surface area contributed by atoms with E-state index in [2.05, 4.69) is 40.1 Å². The maximum atomic E-state index is 14.9. The number of hydrogen-bond acceptors (Lipinski definition) is 8. The predicted molar refractivity (Wildman–Crippen MR) is 131 cm³/mol. The zero-order chi connectivity index (χ0) is 25.0. The lowest BCUT2D eigenvalue weighted by atomic mass is 9.68. The summed E-state index contributed by atoms with van der Waals surface area (Å²) in [6.07, 6.45) is 7.48. The topological polar surface area (TPSA) is 114 Å². The number of nitrogen functional groups attached to an aromatic ring is 1. The molecule has 8 nitrogen and oxygen atoms in total. The molecule has 186 valence electrons. The lowest BCUT2D eigenvalue weighted by molar-refractivity contribution is 0.117. The molecule has 3 heterocycles. The van der Waals surface area contributed by atoms with Gasteiger partial charge in [0.25, 0.3) is 0 Å². The van der Waals surface area contributed by atoms with Crippen molar-refractivity contribution in [3.63, 3.8) is 0 Å². The third-order valence-electron chi connectivity index (χ3n) is 8.33. The summed E-state index contributed by atoms with van der Waals surface area (Å²) in [4.78, 5) is 11.4. The second-order valence-electron chi connectivity index (χ2n) is 10.3. The maximum Gasteiger partial charge on any atom is 0.217 e. The van der Waals surface area contributed by atoms with Gasteiger partial charge in [-0.05, 0) is 82.7 Å². The number of nitriles is 1. The highest BCUT2D eigenvalue weighted by Gasteiger charge is 2.49. The third-order valence-corrected chi connectivity index (χ3v) is 8.33. The molecule has 1 aromatic carbocycles. The van der Waals surface area contributed by atoms with Gasteiger partial charge in [-0.1, -0.05) is 5.16 Å². The van der Waals surface area contributed by atoms with Crippen LogP contribution < -0.4 is 10.5 Å². The quantitative estimate of drug-likeness (QED) is 0.545. The van der Waals surface area contributed by atoms with Crippen LogP contribution in [-0.2, 0) is 18.3 Å². The molecule has 2 aliphatic carbocycles. The number of anilines is 1. The fourth-order valence-electron chi connectivity index (χ4n) is 6.65. The van der Waals surface area contributed by atoms with Crippen LogP contribution >= 0.6 is 0 Å². The van der Waals surface area contributed by atoms with Crippen LogP contribution in [-0.4, -0.2) is 45.8 Å². The molecule has 2 aromatic heterocycles. The van der Waals surface area contributed by atoms with E-state index in [4.69, 9.17) is 15.0 Å². The first-order chi connectivity index (χ1) is 17.4. The van der Waals surface area contributed by atoms with E-state index in [0.29, 0.717) is 53.0 Å². The minimum Gasteiger partial charge on any atom is -0.473 e. The summed E-state index contributed by atoms with van der Waals surface area (Å²) in [5.74, 6) is 1.07. The Morgan fingerprint density at radius 1 is 1.31 bits per heavy atom. The molecule has 0 radical (unpaired) electrons. The highest BCUT2D eigenvalue weighted by Crippen LogP contribution is 2.54. The Morgan fingerprint density at radius 2 is 2.17 bits per heavy atom. The molecule has 6 rings (SSSR count). The molecule has 36 heavy (non-hydrogen) atoms. The molecule has 3 aromatic rings. The minimum absolute atomic E-state index is 0.00749. The second-order valence-corrected chi connectivity index (χ2v) is 10.3. The van der Waals surface area contributed by atoms with Crippen molar-refractivity contribution in [1.82, 2.24) is 20.0 Å². The van der Waals surface area contributed by atoms with Crippen LogP contribution in [0.15, 0.2) is 22.9 Å². The lowest BCUT2D eigenvalue weighted by Gasteiger charge is -2.33. The Kier molecular flexibility index (Phi) is 5.45. The number of ether oxygens (including phenoxy) is 1. The molecule has 1 fully saturated rings. The van der Waals surface area contributed by atoms with E-state index in [1.165, 1.54) is 12.5 Å². The van der Waals surface area contributed by atoms with Gasteiger partial charge in [-0.25, -0.2) is 9.37 Å². The number of rotatable bonds is 4. The molecule has 0 bridgehead atoms. The van der Waals surface area contributed by atoms with Gasteiger partial charge in [0.2, 0.25) is 17.5 Å². The van der Waals surface area contributed by atoms with Crippen LogP contribution in [0.4, 0.5) is 10.1 Å². The fourth-order valence-corrected chi connectivity index (χ4v) is 6.65. The van der Waals surface area contributed by atoms with Gasteiger partial charge in [-0.15, -0.1) is 0 Å². The SMILES string of the molecule is C[C@H](Oc1ccnc(-c2onc3c2CCC[C@@]32CCc3c(F)cc(N)c(C#N)c32)n1)[C@@H]1CCCN1C. The van der Waals surface area contributed by atoms with Gasteiger partial charge < -0.3 is 15.0 Å². The van der Waals surface area contributed by atoms with E-state index in [1.54, 1.807) is 12.3 Å². The van der Waals surface area contributed by atoms with Gasteiger partial charge >= 0.3 is 0 Å². The molecule has 1 aliphatic heterocycles. The summed E-state index contributed by atoms with van der Waals surface area (Å²) < 4.78 is 26.9. The van der Waals surface area contributed by atoms with E-state index in [0.717, 1.165) is 43.5 Å². The average molecular weight is 489 g/mol. The summed E-state index contributed by atoms with van der Waals surface area (Å²) in [6.45, 7) is 3.15. The normalized spacial score (nSPS) is 23.9. The first-order valence-electron chi connectivity index (χ1n) is 12.6. The lowest BCUT2D eigenvalue weighted by Crippen LogP contribution is -2.38. The number of benzene rings is 1. The molecule has 0 unspecified atom stereocenters. The van der Waals surface area contributed by atoms with Crippen molar-refractivity contribution in [2.75, 3.05) is 19.3 Å². The van der Waals surface area contributed by atoms with E-state index < -0.39 is 5.41 Å². The van der Waals surface area contributed by atoms with E-state index in [-0.39, 0.29) is 17.6 Å². The van der Waals surface area contributed by atoms with Gasteiger partial charge in [-0.3, -0.25) is 4.90 Å². The van der Waals surface area contributed by atoms with Crippen molar-refractivity contribution in [3.05, 3.63) is 52.1 Å². The van der Waals surface area contributed by atoms with Gasteiger partial charge in [0, 0.05) is 29.3 Å². The highest BCUT2D eigenvalue weighted by atomic mass is 19.1. The molecule has 3 aliphatic rings. The largest absolute Gasteiger partial charge is 0.473 e. The smallest absolute Gasteiger partial charge is 0.217 e. The summed E-state index contributed by atoms with van der Waals surface area (Å²) in [7, 11) is 2.12. The Balaban J connectivity index is 1.38. The van der Waals surface area contributed by atoms with Crippen LogP contribution in [0.5, 0.6) is 5.88 Å². The standard InChI is InChI=1S/C27H29FN6O2/c1-15(21-6-4-12-34(21)2)35-22-8-11-31-26(32-22)24-17-5-3-9-27(25(17)33-36-24)10-7-16-19(28)13-20(30)18(14-29)23(16)27/h8,11,13,15,21H,3-7,9-10,12,30H2,1-2H3/t15-,21-,27-/m0/s1. The van der Waals surface area contributed by atoms with Gasteiger partial charge in [0.05, 0.1) is 16.9 Å². The van der Waals surface area contributed by atoms with Crippen LogP contribution in [0, 0.1) is 17.1 Å². The molecule has 3 atom stereocenters. The number of halogens is 1. The minimum atomic E-state index is -0.596. The summed E-state index contributed by atoms with van der Waals surface area (Å²) in [5.41, 5.74) is 8.91. The zero-order valence-corrected chi connectivity index (χ0v) is 20.6. The number of aromatic nitrogens is 3. The van der Waals surface area contributed by atoms with Gasteiger partial charge in [0.15, 0.2) is 0 Å². The summed E-state index contributed by atoms with van der Waals surface area (Å²) >= 11 is 0. The van der Waals surface area contributed by atoms with Crippen molar-refractivity contribution in [2.45, 2.75) is 69.4 Å². The van der Waals surface area contributed by atoms with Crippen LogP contribution in [0.1, 0.15) is 67.0 Å². The Morgan fingerprint density at radius 3 is 2.94 bits per heavy atom. The first-order valence-corrected chi connectivity index (χ1v) is 12.6. The fraction of sp³-hybridized carbons (Fsp3) is 0.481. The molecular weight excluding hydrogens is 459 g/mol. The molecule has 1 spiro atoms. The Hall–Kier alpha value is -3.51. The van der Waals surface area contributed by atoms with Crippen LogP contribution in [0.3, 0.4) is 0 Å². The summed E-state index contributed by atoms with van der Waals surface area (Å²) in [6, 6.07) is 5.60. The van der Waals surface area contributed by atoms with Crippen molar-refractivity contribution < 1.29 is 13.7 Å². The third kappa shape index (κ3) is 3.39. The van der Waals surface area contributed by atoms with Crippen molar-refractivity contribution in [3.8, 4) is 23.5 Å². The average Bonchev–Trinajstić information content (AvgIpc) is 3.58. The van der Waals surface area contributed by atoms with E-state index in [1.807, 2.05) is 0 Å². The van der Waals surface area contributed by atoms with Crippen molar-refractivity contribution in [2.24, 2.45) is 0 Å². The molecule has 2 N–H and O–H groups in total. The Bertz CT molecular complexity index is 1380. The van der Waals surface area contributed by atoms with Crippen LogP contribution in [0.25, 0.3) is 11.6 Å². The molecular formula is C27H29FN6O2.